The van der Waals surface area contributed by atoms with E-state index in [1.165, 1.54) is 12.8 Å². The zero-order chi connectivity index (χ0) is 27.6. The van der Waals surface area contributed by atoms with Crippen LogP contribution in [-0.2, 0) is 0 Å². The van der Waals surface area contributed by atoms with Crippen molar-refractivity contribution in [2.75, 3.05) is 48.3 Å². The minimum Gasteiger partial charge on any atom is -0.421 e. The Morgan fingerprint density at radius 3 is 2.55 bits per heavy atom. The normalized spacial score (nSPS) is 15.8. The number of aromatic nitrogens is 4. The van der Waals surface area contributed by atoms with Gasteiger partial charge in [0.05, 0.1) is 0 Å². The van der Waals surface area contributed by atoms with Gasteiger partial charge < -0.3 is 30.2 Å². The van der Waals surface area contributed by atoms with Crippen molar-refractivity contribution in [3.05, 3.63) is 84.4 Å². The maximum Gasteiger partial charge on any atom is 0.326 e. The summed E-state index contributed by atoms with van der Waals surface area (Å²) in [5.74, 6) is 1.40. The number of hydrogen-bond donors (Lipinski definition) is 3. The quantitative estimate of drug-likeness (QED) is 0.245. The first-order valence-corrected chi connectivity index (χ1v) is 13.6. The summed E-state index contributed by atoms with van der Waals surface area (Å²) in [7, 11) is 1.93. The number of benzene rings is 1. The number of hydrogen-bond acceptors (Lipinski definition) is 8. The SMILES string of the molecule is C=C(/C=C(\NC)C1CC1)Nc1cc(N2CCN(c3ccncc3)CC2)nc(Oc2ccc3[nH]c(C)cc3c2F)n1. The van der Waals surface area contributed by atoms with Gasteiger partial charge in [0.15, 0.2) is 11.6 Å². The second kappa shape index (κ2) is 10.9. The van der Waals surface area contributed by atoms with Crippen molar-refractivity contribution in [1.82, 2.24) is 25.3 Å². The summed E-state index contributed by atoms with van der Waals surface area (Å²) < 4.78 is 21.3. The number of aromatic amines is 1. The van der Waals surface area contributed by atoms with Crippen LogP contribution >= 0.6 is 0 Å². The first-order chi connectivity index (χ1) is 19.5. The van der Waals surface area contributed by atoms with E-state index >= 15 is 4.39 Å². The first-order valence-electron chi connectivity index (χ1n) is 13.6. The molecular formula is C30H33FN8O. The number of halogens is 1. The number of anilines is 3. The third kappa shape index (κ3) is 5.56. The average molecular weight is 541 g/mol. The van der Waals surface area contributed by atoms with E-state index in [2.05, 4.69) is 42.0 Å². The van der Waals surface area contributed by atoms with Crippen LogP contribution in [-0.4, -0.2) is 53.2 Å². The summed E-state index contributed by atoms with van der Waals surface area (Å²) in [5.41, 5.74) is 4.58. The van der Waals surface area contributed by atoms with E-state index in [4.69, 9.17) is 9.72 Å². The summed E-state index contributed by atoms with van der Waals surface area (Å²) in [4.78, 5) is 21.0. The maximum absolute atomic E-state index is 15.3. The summed E-state index contributed by atoms with van der Waals surface area (Å²) in [6.45, 7) is 9.24. The lowest BCUT2D eigenvalue weighted by Crippen LogP contribution is -2.46. The van der Waals surface area contributed by atoms with Crippen LogP contribution < -0.4 is 25.2 Å². The Bertz CT molecular complexity index is 1550. The zero-order valence-corrected chi connectivity index (χ0v) is 22.7. The van der Waals surface area contributed by atoms with Gasteiger partial charge in [-0.15, -0.1) is 0 Å². The van der Waals surface area contributed by atoms with E-state index in [-0.39, 0.29) is 11.8 Å². The lowest BCUT2D eigenvalue weighted by molar-refractivity contribution is 0.414. The number of fused-ring (bicyclic) bond motifs is 1. The molecule has 1 saturated heterocycles. The van der Waals surface area contributed by atoms with Crippen LogP contribution in [0.2, 0.25) is 0 Å². The Morgan fingerprint density at radius 2 is 1.82 bits per heavy atom. The van der Waals surface area contributed by atoms with Crippen LogP contribution in [0, 0.1) is 18.7 Å². The summed E-state index contributed by atoms with van der Waals surface area (Å²) in [6, 6.07) is 11.2. The number of pyridine rings is 1. The number of ether oxygens (including phenoxy) is 1. The largest absolute Gasteiger partial charge is 0.421 e. The molecule has 40 heavy (non-hydrogen) atoms. The Balaban J connectivity index is 1.27. The maximum atomic E-state index is 15.3. The van der Waals surface area contributed by atoms with Crippen molar-refractivity contribution in [1.29, 1.82) is 0 Å². The highest BCUT2D eigenvalue weighted by Crippen LogP contribution is 2.35. The predicted octanol–water partition coefficient (Wildman–Crippen LogP) is 5.36. The Morgan fingerprint density at radius 1 is 1.07 bits per heavy atom. The van der Waals surface area contributed by atoms with Gasteiger partial charge in [0.25, 0.3) is 0 Å². The highest BCUT2D eigenvalue weighted by Gasteiger charge is 2.25. The second-order valence-corrected chi connectivity index (χ2v) is 10.2. The second-order valence-electron chi connectivity index (χ2n) is 10.2. The van der Waals surface area contributed by atoms with Gasteiger partial charge in [-0.1, -0.05) is 6.58 Å². The molecular weight excluding hydrogens is 507 g/mol. The van der Waals surface area contributed by atoms with Crippen molar-refractivity contribution in [2.24, 2.45) is 5.92 Å². The van der Waals surface area contributed by atoms with E-state index in [9.17, 15) is 0 Å². The van der Waals surface area contributed by atoms with Crippen molar-refractivity contribution >= 4 is 28.2 Å². The van der Waals surface area contributed by atoms with Crippen molar-refractivity contribution in [3.8, 4) is 11.8 Å². The van der Waals surface area contributed by atoms with Crippen molar-refractivity contribution in [3.63, 3.8) is 0 Å². The van der Waals surface area contributed by atoms with Gasteiger partial charge in [-0.3, -0.25) is 4.98 Å². The molecule has 2 fully saturated rings. The molecule has 4 aromatic rings. The first kappa shape index (κ1) is 25.7. The van der Waals surface area contributed by atoms with E-state index in [1.54, 1.807) is 18.2 Å². The van der Waals surface area contributed by atoms with Gasteiger partial charge in [0, 0.05) is 85.4 Å². The number of rotatable bonds is 9. The van der Waals surface area contributed by atoms with Crippen LogP contribution in [0.15, 0.2) is 72.8 Å². The Labute approximate surface area is 232 Å². The molecule has 0 bridgehead atoms. The third-order valence-corrected chi connectivity index (χ3v) is 7.29. The molecule has 3 N–H and O–H groups in total. The lowest BCUT2D eigenvalue weighted by atomic mass is 10.2. The van der Waals surface area contributed by atoms with Crippen LogP contribution in [0.1, 0.15) is 18.5 Å². The van der Waals surface area contributed by atoms with E-state index in [0.717, 1.165) is 43.3 Å². The fraction of sp³-hybridized carbons (Fsp3) is 0.300. The van der Waals surface area contributed by atoms with Crippen LogP contribution in [0.3, 0.4) is 0 Å². The molecule has 0 atom stereocenters. The van der Waals surface area contributed by atoms with Gasteiger partial charge in [-0.25, -0.2) is 4.39 Å². The van der Waals surface area contributed by atoms with Gasteiger partial charge in [0.1, 0.15) is 11.6 Å². The van der Waals surface area contributed by atoms with Gasteiger partial charge >= 0.3 is 6.01 Å². The monoisotopic (exact) mass is 540 g/mol. The molecule has 0 amide bonds. The van der Waals surface area contributed by atoms with Gasteiger partial charge in [-0.2, -0.15) is 9.97 Å². The molecule has 9 nitrogen and oxygen atoms in total. The van der Waals surface area contributed by atoms with Crippen LogP contribution in [0.5, 0.6) is 11.8 Å². The topological polar surface area (TPSA) is 94.2 Å². The molecule has 10 heteroatoms. The van der Waals surface area contributed by atoms with Gasteiger partial charge in [-0.05, 0) is 62.1 Å². The molecule has 1 aliphatic carbocycles. The highest BCUT2D eigenvalue weighted by molar-refractivity contribution is 5.82. The van der Waals surface area contributed by atoms with Crippen LogP contribution in [0.4, 0.5) is 21.7 Å². The Hall–Kier alpha value is -4.60. The minimum absolute atomic E-state index is 0.0647. The fourth-order valence-electron chi connectivity index (χ4n) is 5.08. The molecule has 6 rings (SSSR count). The summed E-state index contributed by atoms with van der Waals surface area (Å²) in [5, 5.41) is 7.03. The van der Waals surface area contributed by atoms with Crippen LogP contribution in [0.25, 0.3) is 10.9 Å². The zero-order valence-electron chi connectivity index (χ0n) is 22.7. The highest BCUT2D eigenvalue weighted by atomic mass is 19.1. The third-order valence-electron chi connectivity index (χ3n) is 7.29. The number of H-pyrrole nitrogens is 1. The van der Waals surface area contributed by atoms with Gasteiger partial charge in [0.2, 0.25) is 0 Å². The van der Waals surface area contributed by atoms with Crippen molar-refractivity contribution in [2.45, 2.75) is 19.8 Å². The molecule has 3 aromatic heterocycles. The standard InChI is InChI=1S/C30H33FN8O/c1-19-16-23-24(34-19)6-7-26(29(23)31)40-30-36-27(35-20(2)17-25(32-3)21-4-5-21)18-28(37-30)39-14-12-38(13-15-39)22-8-10-33-11-9-22/h6-11,16-18,21,32,34H,2,4-5,12-15H2,1,3H3,(H,35,36,37)/b25-17-. The fourth-order valence-corrected chi connectivity index (χ4v) is 5.08. The molecule has 4 heterocycles. The molecule has 1 aromatic carbocycles. The summed E-state index contributed by atoms with van der Waals surface area (Å²) >= 11 is 0. The number of aryl methyl sites for hydroxylation is 1. The van der Waals surface area contributed by atoms with E-state index in [0.29, 0.717) is 34.2 Å². The molecule has 1 aliphatic heterocycles. The van der Waals surface area contributed by atoms with E-state index in [1.807, 2.05) is 50.6 Å². The van der Waals surface area contributed by atoms with E-state index < -0.39 is 5.82 Å². The number of piperazine rings is 1. The summed E-state index contributed by atoms with van der Waals surface area (Å²) in [6.07, 6.45) is 7.98. The Kier molecular flexibility index (Phi) is 6.98. The molecule has 0 unspecified atom stereocenters. The number of allylic oxidation sites excluding steroid dienone is 2. The molecule has 0 radical (unpaired) electrons. The minimum atomic E-state index is -0.452. The number of nitrogens with one attached hydrogen (secondary N) is 3. The molecule has 1 saturated carbocycles. The van der Waals surface area contributed by atoms with Crippen molar-refractivity contribution < 1.29 is 9.13 Å². The number of nitrogens with zero attached hydrogens (tertiary/aromatic N) is 5. The molecule has 2 aliphatic rings. The smallest absolute Gasteiger partial charge is 0.326 e. The molecule has 206 valence electrons. The lowest BCUT2D eigenvalue weighted by Gasteiger charge is -2.36. The predicted molar refractivity (Wildman–Crippen MR) is 156 cm³/mol. The average Bonchev–Trinajstić information content (AvgIpc) is 3.74. The molecule has 0 spiro atoms.